The van der Waals surface area contributed by atoms with Crippen molar-refractivity contribution in [2.45, 2.75) is 6.92 Å². The quantitative estimate of drug-likeness (QED) is 0.629. The number of nitriles is 1. The molecule has 1 aromatic carbocycles. The topological polar surface area (TPSA) is 41.1 Å². The van der Waals surface area contributed by atoms with E-state index in [-0.39, 0.29) is 0 Å². The molecule has 92 valence electrons. The van der Waals surface area contributed by atoms with Crippen LogP contribution in [0.1, 0.15) is 11.1 Å². The van der Waals surface area contributed by atoms with Gasteiger partial charge in [0.15, 0.2) is 5.65 Å². The Bertz CT molecular complexity index is 798. The van der Waals surface area contributed by atoms with Crippen LogP contribution < -0.4 is 0 Å². The van der Waals surface area contributed by atoms with Crippen molar-refractivity contribution in [2.75, 3.05) is 0 Å². The first-order chi connectivity index (χ1) is 9.24. The number of pyridine rings is 1. The van der Waals surface area contributed by atoms with Crippen molar-refractivity contribution in [1.29, 1.82) is 5.26 Å². The maximum atomic E-state index is 9.35. The molecule has 0 bridgehead atoms. The first-order valence-corrected chi connectivity index (χ1v) is 6.22. The molecule has 3 nitrogen and oxygen atoms in total. The molecule has 2 aromatic heterocycles. The van der Waals surface area contributed by atoms with Crippen LogP contribution in [0.5, 0.6) is 0 Å². The van der Waals surface area contributed by atoms with Gasteiger partial charge in [-0.2, -0.15) is 5.26 Å². The molecule has 3 rings (SSSR count). The van der Waals surface area contributed by atoms with E-state index < -0.39 is 0 Å². The molecule has 0 N–H and O–H groups in total. The van der Waals surface area contributed by atoms with E-state index >= 15 is 0 Å². The van der Waals surface area contributed by atoms with E-state index in [1.807, 2.05) is 37.3 Å². The first-order valence-electron chi connectivity index (χ1n) is 5.84. The zero-order valence-corrected chi connectivity index (χ0v) is 11.0. The van der Waals surface area contributed by atoms with Gasteiger partial charge in [-0.1, -0.05) is 41.9 Å². The van der Waals surface area contributed by atoms with E-state index in [2.05, 4.69) is 11.1 Å². The Kier molecular flexibility index (Phi) is 2.73. The molecule has 0 radical (unpaired) electrons. The molecule has 0 aliphatic carbocycles. The van der Waals surface area contributed by atoms with E-state index in [4.69, 9.17) is 11.6 Å². The van der Waals surface area contributed by atoms with Gasteiger partial charge in [-0.05, 0) is 18.1 Å². The number of imidazole rings is 1. The van der Waals surface area contributed by atoms with Gasteiger partial charge in [-0.25, -0.2) is 4.98 Å². The molecule has 0 fully saturated rings. The van der Waals surface area contributed by atoms with Crippen LogP contribution in [-0.2, 0) is 0 Å². The third-order valence-corrected chi connectivity index (χ3v) is 3.58. The summed E-state index contributed by atoms with van der Waals surface area (Å²) in [7, 11) is 0. The van der Waals surface area contributed by atoms with Crippen LogP contribution in [0.3, 0.4) is 0 Å². The van der Waals surface area contributed by atoms with Crippen molar-refractivity contribution < 1.29 is 0 Å². The second kappa shape index (κ2) is 4.42. The zero-order chi connectivity index (χ0) is 13.4. The average molecular weight is 268 g/mol. The number of nitrogens with zero attached hydrogens (tertiary/aromatic N) is 3. The lowest BCUT2D eigenvalue weighted by Crippen LogP contribution is -1.98. The van der Waals surface area contributed by atoms with E-state index in [9.17, 15) is 5.26 Å². The summed E-state index contributed by atoms with van der Waals surface area (Å²) in [5.41, 5.74) is 3.90. The Morgan fingerprint density at radius 3 is 2.68 bits per heavy atom. The number of rotatable bonds is 1. The highest BCUT2D eigenvalue weighted by molar-refractivity contribution is 6.32. The molecule has 4 heteroatoms. The molecular weight excluding hydrogens is 258 g/mol. The maximum Gasteiger partial charge on any atom is 0.156 e. The van der Waals surface area contributed by atoms with Crippen LogP contribution in [0.15, 0.2) is 42.7 Å². The summed E-state index contributed by atoms with van der Waals surface area (Å²) < 4.78 is 1.75. The van der Waals surface area contributed by atoms with Gasteiger partial charge >= 0.3 is 0 Å². The van der Waals surface area contributed by atoms with Crippen LogP contribution in [-0.4, -0.2) is 9.38 Å². The fraction of sp³-hybridized carbons (Fsp3) is 0.0667. The molecule has 0 saturated carbocycles. The molecule has 3 aromatic rings. The summed E-state index contributed by atoms with van der Waals surface area (Å²) in [5.74, 6) is 0. The SMILES string of the molecule is Cc1c(-c2ccccc2)c(Cl)n2ccnc2c1C#N. The lowest BCUT2D eigenvalue weighted by molar-refractivity contribution is 1.16. The smallest absolute Gasteiger partial charge is 0.156 e. The summed E-state index contributed by atoms with van der Waals surface area (Å²) in [6, 6.07) is 12.0. The van der Waals surface area contributed by atoms with Gasteiger partial charge in [0.2, 0.25) is 0 Å². The standard InChI is InChI=1S/C15H10ClN3/c1-10-12(9-17)15-18-7-8-19(15)14(16)13(10)11-5-3-2-4-6-11/h2-8H,1H3. The van der Waals surface area contributed by atoms with Gasteiger partial charge in [-0.15, -0.1) is 0 Å². The van der Waals surface area contributed by atoms with Crippen molar-refractivity contribution in [2.24, 2.45) is 0 Å². The average Bonchev–Trinajstić information content (AvgIpc) is 2.90. The van der Waals surface area contributed by atoms with Crippen LogP contribution >= 0.6 is 11.6 Å². The third-order valence-electron chi connectivity index (χ3n) is 3.21. The minimum Gasteiger partial charge on any atom is -0.289 e. The van der Waals surface area contributed by atoms with Crippen molar-refractivity contribution >= 4 is 17.2 Å². The highest BCUT2D eigenvalue weighted by Crippen LogP contribution is 2.34. The summed E-state index contributed by atoms with van der Waals surface area (Å²) in [6.45, 7) is 1.90. The number of hydrogen-bond acceptors (Lipinski definition) is 2. The normalized spacial score (nSPS) is 10.6. The molecule has 0 spiro atoms. The van der Waals surface area contributed by atoms with Gasteiger partial charge in [0.1, 0.15) is 11.2 Å². The highest BCUT2D eigenvalue weighted by Gasteiger charge is 2.17. The van der Waals surface area contributed by atoms with Gasteiger partial charge < -0.3 is 0 Å². The summed E-state index contributed by atoms with van der Waals surface area (Å²) >= 11 is 6.47. The maximum absolute atomic E-state index is 9.35. The molecule has 0 aliphatic rings. The Labute approximate surface area is 115 Å². The third kappa shape index (κ3) is 1.69. The fourth-order valence-electron chi connectivity index (χ4n) is 2.29. The monoisotopic (exact) mass is 267 g/mol. The van der Waals surface area contributed by atoms with Gasteiger partial charge in [0.25, 0.3) is 0 Å². The second-order valence-electron chi connectivity index (χ2n) is 4.26. The Hall–Kier alpha value is -2.31. The predicted molar refractivity (Wildman–Crippen MR) is 75.1 cm³/mol. The Balaban J connectivity index is 2.46. The summed E-state index contributed by atoms with van der Waals surface area (Å²) in [4.78, 5) is 4.20. The zero-order valence-electron chi connectivity index (χ0n) is 10.3. The molecule has 2 heterocycles. The largest absolute Gasteiger partial charge is 0.289 e. The molecule has 0 amide bonds. The predicted octanol–water partition coefficient (Wildman–Crippen LogP) is 3.83. The number of hydrogen-bond donors (Lipinski definition) is 0. The van der Waals surface area contributed by atoms with Gasteiger partial charge in [-0.3, -0.25) is 4.40 Å². The van der Waals surface area contributed by atoms with Crippen LogP contribution in [0.4, 0.5) is 0 Å². The second-order valence-corrected chi connectivity index (χ2v) is 4.62. The Morgan fingerprint density at radius 2 is 2.00 bits per heavy atom. The highest BCUT2D eigenvalue weighted by atomic mass is 35.5. The number of aromatic nitrogens is 2. The van der Waals surface area contributed by atoms with E-state index in [0.29, 0.717) is 16.4 Å². The van der Waals surface area contributed by atoms with Gasteiger partial charge in [0, 0.05) is 18.0 Å². The lowest BCUT2D eigenvalue weighted by atomic mass is 9.99. The summed E-state index contributed by atoms with van der Waals surface area (Å²) in [5, 5.41) is 9.93. The molecule has 0 unspecified atom stereocenters. The molecular formula is C15H10ClN3. The summed E-state index contributed by atoms with van der Waals surface area (Å²) in [6.07, 6.45) is 3.42. The van der Waals surface area contributed by atoms with Crippen molar-refractivity contribution in [3.05, 3.63) is 59.0 Å². The fourth-order valence-corrected chi connectivity index (χ4v) is 2.68. The minimum atomic E-state index is 0.563. The lowest BCUT2D eigenvalue weighted by Gasteiger charge is -2.12. The van der Waals surface area contributed by atoms with E-state index in [0.717, 1.165) is 16.7 Å². The number of fused-ring (bicyclic) bond motifs is 1. The molecule has 0 atom stereocenters. The van der Waals surface area contributed by atoms with E-state index in [1.165, 1.54) is 0 Å². The van der Waals surface area contributed by atoms with E-state index in [1.54, 1.807) is 16.8 Å². The number of halogens is 1. The van der Waals surface area contributed by atoms with Crippen molar-refractivity contribution in [1.82, 2.24) is 9.38 Å². The van der Waals surface area contributed by atoms with Gasteiger partial charge in [0.05, 0.1) is 5.56 Å². The van der Waals surface area contributed by atoms with Crippen LogP contribution in [0, 0.1) is 18.3 Å². The van der Waals surface area contributed by atoms with Crippen molar-refractivity contribution in [3.63, 3.8) is 0 Å². The minimum absolute atomic E-state index is 0.563. The van der Waals surface area contributed by atoms with Crippen LogP contribution in [0.25, 0.3) is 16.8 Å². The first kappa shape index (κ1) is 11.8. The van der Waals surface area contributed by atoms with Crippen LogP contribution in [0.2, 0.25) is 5.15 Å². The number of benzene rings is 1. The Morgan fingerprint density at radius 1 is 1.26 bits per heavy atom. The van der Waals surface area contributed by atoms with Crippen molar-refractivity contribution in [3.8, 4) is 17.2 Å². The molecule has 19 heavy (non-hydrogen) atoms. The molecule has 0 saturated heterocycles. The molecule has 0 aliphatic heterocycles.